The van der Waals surface area contributed by atoms with Crippen LogP contribution < -0.4 is 5.73 Å². The van der Waals surface area contributed by atoms with Crippen molar-refractivity contribution in [2.75, 3.05) is 5.73 Å². The molecule has 0 amide bonds. The molecule has 2 aromatic rings. The van der Waals surface area contributed by atoms with Crippen molar-refractivity contribution in [2.24, 2.45) is 0 Å². The average Bonchev–Trinajstić information content (AvgIpc) is 2.76. The van der Waals surface area contributed by atoms with E-state index >= 15 is 0 Å². The van der Waals surface area contributed by atoms with Crippen molar-refractivity contribution in [3.8, 4) is 0 Å². The molecule has 0 bridgehead atoms. The molecule has 0 aliphatic rings. The van der Waals surface area contributed by atoms with Crippen LogP contribution in [0, 0.1) is 0 Å². The van der Waals surface area contributed by atoms with Crippen LogP contribution in [0.25, 0.3) is 0 Å². The maximum Gasteiger partial charge on any atom is 0.140 e. The molecule has 0 saturated heterocycles. The van der Waals surface area contributed by atoms with Crippen molar-refractivity contribution >= 4 is 28.1 Å². The summed E-state index contributed by atoms with van der Waals surface area (Å²) in [7, 11) is -1.27. The molecule has 102 valence electrons. The molecule has 0 aliphatic heterocycles. The molecule has 0 saturated carbocycles. The largest absolute Gasteiger partial charge is 0.398 e. The van der Waals surface area contributed by atoms with E-state index < -0.39 is 10.8 Å². The summed E-state index contributed by atoms with van der Waals surface area (Å²) in [4.78, 5) is 4.71. The van der Waals surface area contributed by atoms with Gasteiger partial charge in [0.15, 0.2) is 0 Å². The summed E-state index contributed by atoms with van der Waals surface area (Å²) in [6.07, 6.45) is 1.47. The van der Waals surface area contributed by atoms with Crippen molar-refractivity contribution in [3.63, 3.8) is 0 Å². The second-order valence-electron chi connectivity index (χ2n) is 4.39. The van der Waals surface area contributed by atoms with Crippen LogP contribution in [0.5, 0.6) is 0 Å². The van der Waals surface area contributed by atoms with Crippen LogP contribution >= 0.6 is 11.6 Å². The van der Waals surface area contributed by atoms with E-state index in [0.717, 1.165) is 0 Å². The van der Waals surface area contributed by atoms with Gasteiger partial charge in [-0.3, -0.25) is 4.21 Å². The molecule has 0 fully saturated rings. The van der Waals surface area contributed by atoms with Gasteiger partial charge in [-0.15, -0.1) is 0 Å². The Kier molecular flexibility index (Phi) is 4.21. The Balaban J connectivity index is 2.23. The van der Waals surface area contributed by atoms with Gasteiger partial charge < -0.3 is 5.73 Å². The minimum absolute atomic E-state index is 0.178. The van der Waals surface area contributed by atoms with Crippen molar-refractivity contribution in [1.82, 2.24) is 14.8 Å². The molecule has 1 aromatic carbocycles. The lowest BCUT2D eigenvalue weighted by Crippen LogP contribution is -2.11. The fourth-order valence-electron chi connectivity index (χ4n) is 1.73. The second-order valence-corrected chi connectivity index (χ2v) is 6.24. The molecule has 0 aliphatic carbocycles. The number of rotatable bonds is 4. The summed E-state index contributed by atoms with van der Waals surface area (Å²) in [5.41, 5.74) is 6.26. The number of nitrogens with zero attached hydrogens (tertiary/aromatic N) is 3. The van der Waals surface area contributed by atoms with E-state index in [1.165, 1.54) is 6.33 Å². The zero-order valence-electron chi connectivity index (χ0n) is 10.7. The predicted molar refractivity (Wildman–Crippen MR) is 76.4 cm³/mol. The van der Waals surface area contributed by atoms with Crippen LogP contribution in [0.3, 0.4) is 0 Å². The molecule has 1 aromatic heterocycles. The first-order chi connectivity index (χ1) is 8.99. The van der Waals surface area contributed by atoms with Crippen LogP contribution in [0.15, 0.2) is 29.4 Å². The van der Waals surface area contributed by atoms with Gasteiger partial charge in [0.25, 0.3) is 0 Å². The predicted octanol–water partition coefficient (Wildman–Crippen LogP) is 2.40. The van der Waals surface area contributed by atoms with Gasteiger partial charge >= 0.3 is 0 Å². The van der Waals surface area contributed by atoms with Crippen LogP contribution in [-0.4, -0.2) is 19.0 Å². The lowest BCUT2D eigenvalue weighted by atomic mass is 10.3. The zero-order chi connectivity index (χ0) is 14.0. The highest BCUT2D eigenvalue weighted by Gasteiger charge is 2.14. The SMILES string of the molecule is CC(C)n1ncnc1CS(=O)c1ccc(Cl)cc1N. The highest BCUT2D eigenvalue weighted by Crippen LogP contribution is 2.23. The number of anilines is 1. The molecule has 7 heteroatoms. The molecule has 0 spiro atoms. The summed E-state index contributed by atoms with van der Waals surface area (Å²) in [6.45, 7) is 4.00. The van der Waals surface area contributed by atoms with E-state index in [9.17, 15) is 4.21 Å². The van der Waals surface area contributed by atoms with Gasteiger partial charge in [-0.05, 0) is 32.0 Å². The van der Waals surface area contributed by atoms with Crippen molar-refractivity contribution in [3.05, 3.63) is 35.4 Å². The molecule has 2 N–H and O–H groups in total. The third kappa shape index (κ3) is 3.13. The van der Waals surface area contributed by atoms with Gasteiger partial charge in [-0.25, -0.2) is 9.67 Å². The van der Waals surface area contributed by atoms with Gasteiger partial charge in [0, 0.05) is 16.8 Å². The Labute approximate surface area is 119 Å². The van der Waals surface area contributed by atoms with Gasteiger partial charge in [-0.1, -0.05) is 11.6 Å². The smallest absolute Gasteiger partial charge is 0.140 e. The minimum atomic E-state index is -1.27. The Hall–Kier alpha value is -1.40. The molecular weight excluding hydrogens is 284 g/mol. The van der Waals surface area contributed by atoms with Gasteiger partial charge in [0.05, 0.1) is 21.4 Å². The third-order valence-corrected chi connectivity index (χ3v) is 4.23. The standard InChI is InChI=1S/C12H15ClN4OS/c1-8(2)17-12(15-7-16-17)6-19(18)11-4-3-9(13)5-10(11)14/h3-5,7-8H,6,14H2,1-2H3. The van der Waals surface area contributed by atoms with E-state index in [1.807, 2.05) is 13.8 Å². The number of nitrogen functional groups attached to an aromatic ring is 1. The molecule has 1 heterocycles. The van der Waals surface area contributed by atoms with Crippen molar-refractivity contribution in [2.45, 2.75) is 30.5 Å². The fourth-order valence-corrected chi connectivity index (χ4v) is 3.05. The topological polar surface area (TPSA) is 73.8 Å². The first-order valence-electron chi connectivity index (χ1n) is 5.81. The fraction of sp³-hybridized carbons (Fsp3) is 0.333. The van der Waals surface area contributed by atoms with Gasteiger partial charge in [0.1, 0.15) is 12.2 Å². The normalized spacial score (nSPS) is 12.8. The Morgan fingerprint density at radius 3 is 2.84 bits per heavy atom. The monoisotopic (exact) mass is 298 g/mol. The molecule has 1 atom stereocenters. The van der Waals surface area contributed by atoms with E-state index in [0.29, 0.717) is 21.4 Å². The van der Waals surface area contributed by atoms with Gasteiger partial charge in [0.2, 0.25) is 0 Å². The van der Waals surface area contributed by atoms with Crippen LogP contribution in [0.4, 0.5) is 5.69 Å². The molecular formula is C12H15ClN4OS. The van der Waals surface area contributed by atoms with Crippen LogP contribution in [-0.2, 0) is 16.6 Å². The first-order valence-corrected chi connectivity index (χ1v) is 7.50. The lowest BCUT2D eigenvalue weighted by Gasteiger charge is -2.10. The number of benzene rings is 1. The second kappa shape index (κ2) is 5.71. The molecule has 19 heavy (non-hydrogen) atoms. The minimum Gasteiger partial charge on any atom is -0.398 e. The van der Waals surface area contributed by atoms with E-state index in [4.69, 9.17) is 17.3 Å². The number of hydrogen-bond donors (Lipinski definition) is 1. The average molecular weight is 299 g/mol. The quantitative estimate of drug-likeness (QED) is 0.880. The first kappa shape index (κ1) is 14.0. The molecule has 2 rings (SSSR count). The van der Waals surface area contributed by atoms with E-state index in [1.54, 1.807) is 22.9 Å². The number of hydrogen-bond acceptors (Lipinski definition) is 4. The third-order valence-electron chi connectivity index (χ3n) is 2.61. The molecule has 1 unspecified atom stereocenters. The highest BCUT2D eigenvalue weighted by atomic mass is 35.5. The van der Waals surface area contributed by atoms with Crippen molar-refractivity contribution < 1.29 is 4.21 Å². The summed E-state index contributed by atoms with van der Waals surface area (Å²) in [5.74, 6) is 0.965. The summed E-state index contributed by atoms with van der Waals surface area (Å²) < 4.78 is 14.1. The number of halogens is 1. The van der Waals surface area contributed by atoms with Gasteiger partial charge in [-0.2, -0.15) is 5.10 Å². The van der Waals surface area contributed by atoms with Crippen LogP contribution in [0.2, 0.25) is 5.02 Å². The van der Waals surface area contributed by atoms with Crippen LogP contribution in [0.1, 0.15) is 25.7 Å². The molecule has 0 radical (unpaired) electrons. The maximum absolute atomic E-state index is 12.3. The van der Waals surface area contributed by atoms with E-state index in [-0.39, 0.29) is 11.8 Å². The Morgan fingerprint density at radius 2 is 2.21 bits per heavy atom. The highest BCUT2D eigenvalue weighted by molar-refractivity contribution is 7.84. The summed E-state index contributed by atoms with van der Waals surface area (Å²) in [5, 5.41) is 4.65. The number of aromatic nitrogens is 3. The van der Waals surface area contributed by atoms with Crippen molar-refractivity contribution in [1.29, 1.82) is 0 Å². The zero-order valence-corrected chi connectivity index (χ0v) is 12.3. The summed E-state index contributed by atoms with van der Waals surface area (Å²) >= 11 is 5.83. The Morgan fingerprint density at radius 1 is 1.47 bits per heavy atom. The molecule has 5 nitrogen and oxygen atoms in total. The summed E-state index contributed by atoms with van der Waals surface area (Å²) in [6, 6.07) is 5.14. The van der Waals surface area contributed by atoms with E-state index in [2.05, 4.69) is 10.1 Å². The Bertz CT molecular complexity index is 612. The maximum atomic E-state index is 12.3. The number of nitrogens with two attached hydrogens (primary N) is 1. The lowest BCUT2D eigenvalue weighted by molar-refractivity contribution is 0.513.